The summed E-state index contributed by atoms with van der Waals surface area (Å²) in [4.78, 5) is 24.1. The molecule has 0 amide bonds. The molecule has 0 radical (unpaired) electrons. The zero-order valence-corrected chi connectivity index (χ0v) is 14.2. The molecule has 0 aliphatic carbocycles. The van der Waals surface area contributed by atoms with Crippen LogP contribution in [-0.2, 0) is 4.74 Å². The first-order chi connectivity index (χ1) is 11.1. The number of benzene rings is 2. The Morgan fingerprint density at radius 1 is 1.12 bits per heavy atom. The molecule has 0 aromatic heterocycles. The lowest BCUT2D eigenvalue weighted by Crippen LogP contribution is -2.25. The summed E-state index contributed by atoms with van der Waals surface area (Å²) >= 11 is 0. The van der Waals surface area contributed by atoms with E-state index in [9.17, 15) is 14.7 Å². The molecule has 126 valence electrons. The Bertz CT molecular complexity index is 789. The number of rotatable bonds is 3. The van der Waals surface area contributed by atoms with Gasteiger partial charge in [0.05, 0.1) is 16.8 Å². The zero-order chi connectivity index (χ0) is 18.1. The molecule has 0 aliphatic rings. The highest BCUT2D eigenvalue weighted by molar-refractivity contribution is 6.08. The van der Waals surface area contributed by atoms with Crippen molar-refractivity contribution in [3.05, 3.63) is 53.1 Å². The molecule has 2 aromatic carbocycles. The highest BCUT2D eigenvalue weighted by Crippen LogP contribution is 2.33. The molecule has 2 aromatic rings. The van der Waals surface area contributed by atoms with Crippen molar-refractivity contribution in [2.75, 3.05) is 5.73 Å². The number of carboxylic acids is 1. The van der Waals surface area contributed by atoms with Gasteiger partial charge in [-0.1, -0.05) is 30.3 Å². The highest BCUT2D eigenvalue weighted by atomic mass is 16.6. The van der Waals surface area contributed by atoms with Gasteiger partial charge in [0.15, 0.2) is 0 Å². The van der Waals surface area contributed by atoms with Crippen molar-refractivity contribution in [3.63, 3.8) is 0 Å². The van der Waals surface area contributed by atoms with Gasteiger partial charge in [-0.15, -0.1) is 0 Å². The summed E-state index contributed by atoms with van der Waals surface area (Å²) in [5, 5.41) is 9.49. The third-order valence-electron chi connectivity index (χ3n) is 3.55. The second kappa shape index (κ2) is 6.35. The molecule has 2 rings (SSSR count). The third kappa shape index (κ3) is 3.56. The third-order valence-corrected chi connectivity index (χ3v) is 3.55. The van der Waals surface area contributed by atoms with E-state index in [1.807, 2.05) is 30.3 Å². The summed E-state index contributed by atoms with van der Waals surface area (Å²) in [6.07, 6.45) is 0. The van der Waals surface area contributed by atoms with Crippen LogP contribution in [0.1, 0.15) is 47.1 Å². The fraction of sp³-hybridized carbons (Fsp3) is 0.263. The Labute approximate surface area is 141 Å². The monoisotopic (exact) mass is 327 g/mol. The lowest BCUT2D eigenvalue weighted by atomic mass is 9.92. The van der Waals surface area contributed by atoms with Crippen LogP contribution in [0.4, 0.5) is 5.69 Å². The van der Waals surface area contributed by atoms with Crippen molar-refractivity contribution in [3.8, 4) is 11.1 Å². The lowest BCUT2D eigenvalue weighted by molar-refractivity contribution is 0.00660. The van der Waals surface area contributed by atoms with E-state index >= 15 is 0 Å². The molecular formula is C19H21NO4. The molecule has 0 saturated heterocycles. The molecule has 0 atom stereocenters. The molecule has 0 aliphatic heterocycles. The second-order valence-corrected chi connectivity index (χ2v) is 6.56. The van der Waals surface area contributed by atoms with Gasteiger partial charge in [-0.05, 0) is 50.5 Å². The minimum atomic E-state index is -1.25. The van der Waals surface area contributed by atoms with Crippen molar-refractivity contribution in [2.45, 2.75) is 33.3 Å². The molecule has 5 nitrogen and oxygen atoms in total. The van der Waals surface area contributed by atoms with Crippen LogP contribution in [0, 0.1) is 6.92 Å². The van der Waals surface area contributed by atoms with Crippen LogP contribution in [-0.4, -0.2) is 22.6 Å². The number of nitrogen functional groups attached to an aromatic ring is 1. The van der Waals surface area contributed by atoms with Gasteiger partial charge in [0.1, 0.15) is 5.60 Å². The Kier molecular flexibility index (Phi) is 4.64. The van der Waals surface area contributed by atoms with Crippen molar-refractivity contribution < 1.29 is 19.4 Å². The summed E-state index contributed by atoms with van der Waals surface area (Å²) in [6, 6.07) is 10.9. The number of carbonyl (C=O) groups excluding carboxylic acids is 1. The Morgan fingerprint density at radius 3 is 2.21 bits per heavy atom. The molecule has 5 heteroatoms. The van der Waals surface area contributed by atoms with Crippen LogP contribution in [0.15, 0.2) is 36.4 Å². The Morgan fingerprint density at radius 2 is 1.71 bits per heavy atom. The van der Waals surface area contributed by atoms with Crippen LogP contribution in [0.5, 0.6) is 0 Å². The van der Waals surface area contributed by atoms with Gasteiger partial charge >= 0.3 is 11.9 Å². The maximum atomic E-state index is 12.5. The predicted octanol–water partition coefficient (Wildman–Crippen LogP) is 3.90. The summed E-state index contributed by atoms with van der Waals surface area (Å²) in [6.45, 7) is 6.91. The van der Waals surface area contributed by atoms with Crippen LogP contribution < -0.4 is 5.73 Å². The SMILES string of the molecule is Cc1c(-c2ccccc2)cc(C(=O)OC(C)(C)C)c(C(=O)O)c1N. The number of esters is 1. The normalized spacial score (nSPS) is 11.2. The van der Waals surface area contributed by atoms with Gasteiger partial charge in [-0.25, -0.2) is 9.59 Å². The fourth-order valence-corrected chi connectivity index (χ4v) is 2.44. The summed E-state index contributed by atoms with van der Waals surface area (Å²) in [5.74, 6) is -1.96. The highest BCUT2D eigenvalue weighted by Gasteiger charge is 2.27. The van der Waals surface area contributed by atoms with Crippen LogP contribution in [0.3, 0.4) is 0 Å². The van der Waals surface area contributed by atoms with Crippen molar-refractivity contribution in [2.24, 2.45) is 0 Å². The Hall–Kier alpha value is -2.82. The zero-order valence-electron chi connectivity index (χ0n) is 14.2. The van der Waals surface area contributed by atoms with E-state index in [1.54, 1.807) is 33.8 Å². The lowest BCUT2D eigenvalue weighted by Gasteiger charge is -2.21. The molecule has 0 heterocycles. The van der Waals surface area contributed by atoms with E-state index in [0.717, 1.165) is 5.56 Å². The molecule has 24 heavy (non-hydrogen) atoms. The standard InChI is InChI=1S/C19H21NO4/c1-11-13(12-8-6-5-7-9-12)10-14(15(16(11)20)17(21)22)18(23)24-19(2,3)4/h5-10H,20H2,1-4H3,(H,21,22). The van der Waals surface area contributed by atoms with Crippen molar-refractivity contribution >= 4 is 17.6 Å². The first-order valence-electron chi connectivity index (χ1n) is 7.57. The molecule has 0 saturated carbocycles. The van der Waals surface area contributed by atoms with Crippen LogP contribution in [0.25, 0.3) is 11.1 Å². The van der Waals surface area contributed by atoms with Crippen molar-refractivity contribution in [1.29, 1.82) is 0 Å². The van der Waals surface area contributed by atoms with Crippen molar-refractivity contribution in [1.82, 2.24) is 0 Å². The van der Waals surface area contributed by atoms with E-state index < -0.39 is 17.5 Å². The molecule has 0 fully saturated rings. The fourth-order valence-electron chi connectivity index (χ4n) is 2.44. The number of anilines is 1. The van der Waals surface area contributed by atoms with E-state index in [4.69, 9.17) is 10.5 Å². The number of aromatic carboxylic acids is 1. The van der Waals surface area contributed by atoms with E-state index in [-0.39, 0.29) is 16.8 Å². The van der Waals surface area contributed by atoms with Gasteiger partial charge in [0, 0.05) is 0 Å². The molecule has 0 unspecified atom stereocenters. The topological polar surface area (TPSA) is 89.6 Å². The van der Waals surface area contributed by atoms with Gasteiger partial charge in [-0.2, -0.15) is 0 Å². The number of ether oxygens (including phenoxy) is 1. The maximum absolute atomic E-state index is 12.5. The van der Waals surface area contributed by atoms with Gasteiger partial charge in [0.2, 0.25) is 0 Å². The summed E-state index contributed by atoms with van der Waals surface area (Å²) in [5.41, 5.74) is 7.28. The minimum Gasteiger partial charge on any atom is -0.478 e. The van der Waals surface area contributed by atoms with Crippen LogP contribution >= 0.6 is 0 Å². The maximum Gasteiger partial charge on any atom is 0.339 e. The second-order valence-electron chi connectivity index (χ2n) is 6.56. The quantitative estimate of drug-likeness (QED) is 0.659. The van der Waals surface area contributed by atoms with Crippen LogP contribution in [0.2, 0.25) is 0 Å². The summed E-state index contributed by atoms with van der Waals surface area (Å²) < 4.78 is 5.34. The number of nitrogens with two attached hydrogens (primary N) is 1. The average Bonchev–Trinajstić information content (AvgIpc) is 2.48. The van der Waals surface area contributed by atoms with E-state index in [2.05, 4.69) is 0 Å². The van der Waals surface area contributed by atoms with Gasteiger partial charge < -0.3 is 15.6 Å². The number of carbonyl (C=O) groups is 2. The molecule has 3 N–H and O–H groups in total. The molecule has 0 bridgehead atoms. The van der Waals surface area contributed by atoms with E-state index in [0.29, 0.717) is 11.1 Å². The molecular weight excluding hydrogens is 306 g/mol. The first-order valence-corrected chi connectivity index (χ1v) is 7.57. The largest absolute Gasteiger partial charge is 0.478 e. The number of carboxylic acid groups (broad SMARTS) is 1. The van der Waals surface area contributed by atoms with E-state index in [1.165, 1.54) is 0 Å². The predicted molar refractivity (Wildman–Crippen MR) is 93.2 cm³/mol. The number of hydrogen-bond acceptors (Lipinski definition) is 4. The Balaban J connectivity index is 2.70. The summed E-state index contributed by atoms with van der Waals surface area (Å²) in [7, 11) is 0. The van der Waals surface area contributed by atoms with Gasteiger partial charge in [-0.3, -0.25) is 0 Å². The smallest absolute Gasteiger partial charge is 0.339 e. The molecule has 0 spiro atoms. The first kappa shape index (κ1) is 17.5. The average molecular weight is 327 g/mol. The van der Waals surface area contributed by atoms with Gasteiger partial charge in [0.25, 0.3) is 0 Å². The minimum absolute atomic E-state index is 0.0422. The number of hydrogen-bond donors (Lipinski definition) is 2.